The van der Waals surface area contributed by atoms with E-state index in [4.69, 9.17) is 4.74 Å². The number of aliphatic hydroxyl groups excluding tert-OH is 1. The van der Waals surface area contributed by atoms with E-state index in [2.05, 4.69) is 38.2 Å². The Bertz CT molecular complexity index is 380. The molecule has 0 bridgehead atoms. The van der Waals surface area contributed by atoms with Crippen molar-refractivity contribution >= 4 is 0 Å². The summed E-state index contributed by atoms with van der Waals surface area (Å²) >= 11 is 0. The number of methoxy groups -OCH3 is 1. The van der Waals surface area contributed by atoms with Crippen molar-refractivity contribution in [3.8, 4) is 0 Å². The number of aliphatic hydroxyl groups is 1. The smallest absolute Gasteiger partial charge is 0.0652 e. The number of benzene rings is 1. The second kappa shape index (κ2) is 6.32. The van der Waals surface area contributed by atoms with Gasteiger partial charge in [-0.15, -0.1) is 0 Å². The summed E-state index contributed by atoms with van der Waals surface area (Å²) in [5, 5.41) is 13.1. The molecule has 3 nitrogen and oxygen atoms in total. The number of nitrogens with one attached hydrogen (secondary N) is 1. The van der Waals surface area contributed by atoms with Crippen LogP contribution in [-0.2, 0) is 10.3 Å². The quantitative estimate of drug-likeness (QED) is 0.760. The summed E-state index contributed by atoms with van der Waals surface area (Å²) in [7, 11) is 1.68. The Morgan fingerprint density at radius 2 is 1.78 bits per heavy atom. The van der Waals surface area contributed by atoms with Gasteiger partial charge in [0.1, 0.15) is 0 Å². The highest BCUT2D eigenvalue weighted by atomic mass is 16.5. The van der Waals surface area contributed by atoms with Crippen LogP contribution < -0.4 is 5.32 Å². The van der Waals surface area contributed by atoms with Crippen molar-refractivity contribution in [1.29, 1.82) is 0 Å². The van der Waals surface area contributed by atoms with Crippen LogP contribution in [0.1, 0.15) is 29.2 Å². The molecular weight excluding hydrogens is 226 g/mol. The molecule has 0 amide bonds. The van der Waals surface area contributed by atoms with Crippen molar-refractivity contribution < 1.29 is 9.84 Å². The van der Waals surface area contributed by atoms with Gasteiger partial charge < -0.3 is 15.2 Å². The van der Waals surface area contributed by atoms with Crippen LogP contribution in [0.15, 0.2) is 12.1 Å². The first-order valence-corrected chi connectivity index (χ1v) is 6.37. The van der Waals surface area contributed by atoms with Crippen molar-refractivity contribution in [3.05, 3.63) is 34.4 Å². The van der Waals surface area contributed by atoms with Crippen LogP contribution in [-0.4, -0.2) is 32.0 Å². The molecule has 1 aromatic carbocycles. The van der Waals surface area contributed by atoms with E-state index in [1.807, 2.05) is 6.92 Å². The molecule has 0 aliphatic heterocycles. The highest BCUT2D eigenvalue weighted by Gasteiger charge is 2.28. The molecule has 0 aromatic heterocycles. The lowest BCUT2D eigenvalue weighted by molar-refractivity contribution is 0.147. The number of rotatable bonds is 6. The molecule has 0 aliphatic carbocycles. The van der Waals surface area contributed by atoms with Crippen molar-refractivity contribution in [2.24, 2.45) is 0 Å². The summed E-state index contributed by atoms with van der Waals surface area (Å²) in [4.78, 5) is 0. The van der Waals surface area contributed by atoms with Gasteiger partial charge in [0.2, 0.25) is 0 Å². The molecule has 0 saturated heterocycles. The first kappa shape index (κ1) is 15.2. The van der Waals surface area contributed by atoms with Crippen molar-refractivity contribution in [2.75, 3.05) is 26.9 Å². The van der Waals surface area contributed by atoms with E-state index < -0.39 is 5.54 Å². The van der Waals surface area contributed by atoms with Gasteiger partial charge >= 0.3 is 0 Å². The van der Waals surface area contributed by atoms with Gasteiger partial charge in [-0.05, 0) is 44.4 Å². The third kappa shape index (κ3) is 3.31. The average Bonchev–Trinajstić information content (AvgIpc) is 2.28. The first-order valence-electron chi connectivity index (χ1n) is 6.37. The number of hydrogen-bond acceptors (Lipinski definition) is 3. The van der Waals surface area contributed by atoms with Crippen molar-refractivity contribution in [1.82, 2.24) is 5.32 Å². The normalized spacial score (nSPS) is 14.6. The Morgan fingerprint density at radius 1 is 1.22 bits per heavy atom. The van der Waals surface area contributed by atoms with Crippen molar-refractivity contribution in [2.45, 2.75) is 33.2 Å². The predicted octanol–water partition coefficient (Wildman–Crippen LogP) is 2.06. The zero-order valence-corrected chi connectivity index (χ0v) is 12.1. The van der Waals surface area contributed by atoms with E-state index in [1.165, 1.54) is 22.3 Å². The predicted molar refractivity (Wildman–Crippen MR) is 75.0 cm³/mol. The fraction of sp³-hybridized carbons (Fsp3) is 0.600. The van der Waals surface area contributed by atoms with E-state index in [0.29, 0.717) is 6.61 Å². The summed E-state index contributed by atoms with van der Waals surface area (Å²) in [5.41, 5.74) is 4.46. The number of hydrogen-bond donors (Lipinski definition) is 2. The maximum Gasteiger partial charge on any atom is 0.0652 e. The van der Waals surface area contributed by atoms with Gasteiger partial charge in [-0.25, -0.2) is 0 Å². The maximum absolute atomic E-state index is 9.75. The molecule has 102 valence electrons. The van der Waals surface area contributed by atoms with E-state index in [1.54, 1.807) is 7.11 Å². The molecule has 1 unspecified atom stereocenters. The topological polar surface area (TPSA) is 41.5 Å². The van der Waals surface area contributed by atoms with Gasteiger partial charge in [0.05, 0.1) is 18.8 Å². The maximum atomic E-state index is 9.75. The molecule has 1 aromatic rings. The second-order valence-electron chi connectivity index (χ2n) is 5.18. The molecule has 1 rings (SSSR count). The first-order chi connectivity index (χ1) is 8.44. The molecular formula is C15H25NO2. The molecule has 1 atom stereocenters. The summed E-state index contributed by atoms with van der Waals surface area (Å²) in [5.74, 6) is 0. The van der Waals surface area contributed by atoms with Crippen LogP contribution in [0.3, 0.4) is 0 Å². The Labute approximate surface area is 110 Å². The zero-order chi connectivity index (χ0) is 13.8. The number of aryl methyl sites for hydroxylation is 3. The fourth-order valence-electron chi connectivity index (χ4n) is 2.70. The van der Waals surface area contributed by atoms with Gasteiger partial charge in [0.25, 0.3) is 0 Å². The lowest BCUT2D eigenvalue weighted by atomic mass is 9.85. The zero-order valence-electron chi connectivity index (χ0n) is 12.1. The Morgan fingerprint density at radius 3 is 2.22 bits per heavy atom. The van der Waals surface area contributed by atoms with Crippen LogP contribution in [0, 0.1) is 20.8 Å². The highest BCUT2D eigenvalue weighted by Crippen LogP contribution is 2.28. The molecule has 0 heterocycles. The average molecular weight is 251 g/mol. The van der Waals surface area contributed by atoms with Crippen LogP contribution in [0.5, 0.6) is 0 Å². The summed E-state index contributed by atoms with van der Waals surface area (Å²) < 4.78 is 5.05. The van der Waals surface area contributed by atoms with E-state index in [-0.39, 0.29) is 6.61 Å². The monoisotopic (exact) mass is 251 g/mol. The molecule has 2 N–H and O–H groups in total. The molecule has 0 aliphatic rings. The molecule has 0 fully saturated rings. The Kier molecular flexibility index (Phi) is 5.32. The highest BCUT2D eigenvalue weighted by molar-refractivity contribution is 5.42. The van der Waals surface area contributed by atoms with Gasteiger partial charge in [0, 0.05) is 13.7 Å². The van der Waals surface area contributed by atoms with Crippen molar-refractivity contribution in [3.63, 3.8) is 0 Å². The molecule has 3 heteroatoms. The van der Waals surface area contributed by atoms with Gasteiger partial charge in [-0.2, -0.15) is 0 Å². The van der Waals surface area contributed by atoms with Crippen LogP contribution >= 0.6 is 0 Å². The minimum Gasteiger partial charge on any atom is -0.394 e. The summed E-state index contributed by atoms with van der Waals surface area (Å²) in [6, 6.07) is 4.32. The number of ether oxygens (including phenoxy) is 1. The van der Waals surface area contributed by atoms with Gasteiger partial charge in [-0.3, -0.25) is 0 Å². The molecule has 0 spiro atoms. The standard InChI is InChI=1S/C15H25NO2/c1-11-8-12(2)14(13(3)9-11)15(4,10-17)16-6-7-18-5/h8-9,16-17H,6-7,10H2,1-5H3. The van der Waals surface area contributed by atoms with Crippen LogP contribution in [0.4, 0.5) is 0 Å². The lowest BCUT2D eigenvalue weighted by Gasteiger charge is -2.32. The van der Waals surface area contributed by atoms with Gasteiger partial charge in [-0.1, -0.05) is 17.7 Å². The molecule has 18 heavy (non-hydrogen) atoms. The van der Waals surface area contributed by atoms with E-state index >= 15 is 0 Å². The second-order valence-corrected chi connectivity index (χ2v) is 5.18. The SMILES string of the molecule is COCCNC(C)(CO)c1c(C)cc(C)cc1C. The summed E-state index contributed by atoms with van der Waals surface area (Å²) in [6.07, 6.45) is 0. The van der Waals surface area contributed by atoms with Crippen LogP contribution in [0.25, 0.3) is 0 Å². The Balaban J connectivity index is 3.07. The largest absolute Gasteiger partial charge is 0.394 e. The lowest BCUT2D eigenvalue weighted by Crippen LogP contribution is -2.45. The minimum atomic E-state index is -0.416. The fourth-order valence-corrected chi connectivity index (χ4v) is 2.70. The van der Waals surface area contributed by atoms with E-state index in [0.717, 1.165) is 6.54 Å². The molecule has 0 radical (unpaired) electrons. The molecule has 0 saturated carbocycles. The third-order valence-electron chi connectivity index (χ3n) is 3.37. The minimum absolute atomic E-state index is 0.0709. The Hall–Kier alpha value is -0.900. The van der Waals surface area contributed by atoms with E-state index in [9.17, 15) is 5.11 Å². The third-order valence-corrected chi connectivity index (χ3v) is 3.37. The van der Waals surface area contributed by atoms with Crippen LogP contribution in [0.2, 0.25) is 0 Å². The van der Waals surface area contributed by atoms with Gasteiger partial charge in [0.15, 0.2) is 0 Å². The summed E-state index contributed by atoms with van der Waals surface area (Å²) in [6.45, 7) is 9.76.